The molecule has 0 bridgehead atoms. The van der Waals surface area contributed by atoms with Gasteiger partial charge in [0.2, 0.25) is 0 Å². The molecule has 1 N–H and O–H groups in total. The predicted molar refractivity (Wildman–Crippen MR) is 58.0 cm³/mol. The molecule has 0 aliphatic carbocycles. The summed E-state index contributed by atoms with van der Waals surface area (Å²) in [4.78, 5) is 11.4. The van der Waals surface area contributed by atoms with Crippen molar-refractivity contribution in [2.45, 2.75) is 19.8 Å². The fourth-order valence-electron chi connectivity index (χ4n) is 1.06. The highest BCUT2D eigenvalue weighted by Gasteiger charge is 1.99. The maximum atomic E-state index is 11.4. The molecule has 0 aliphatic rings. The number of hydrogen-bond acceptors (Lipinski definition) is 1. The van der Waals surface area contributed by atoms with Crippen LogP contribution in [-0.2, 0) is 0 Å². The molecule has 0 unspecified atom stereocenters. The normalized spacial score (nSPS) is 10.4. The van der Waals surface area contributed by atoms with E-state index in [1.807, 2.05) is 24.3 Å². The fourth-order valence-corrected chi connectivity index (χ4v) is 1.06. The van der Waals surface area contributed by atoms with Gasteiger partial charge in [-0.3, -0.25) is 4.79 Å². The molecule has 14 heavy (non-hydrogen) atoms. The molecule has 74 valence electrons. The zero-order valence-electron chi connectivity index (χ0n) is 8.36. The molecule has 2 nitrogen and oxygen atoms in total. The van der Waals surface area contributed by atoms with Crippen molar-refractivity contribution in [3.63, 3.8) is 0 Å². The fraction of sp³-hybridized carbons (Fsp3) is 0.250. The summed E-state index contributed by atoms with van der Waals surface area (Å²) in [6.07, 6.45) is 5.76. The average molecular weight is 189 g/mol. The molecule has 0 saturated heterocycles. The molecule has 1 aromatic carbocycles. The summed E-state index contributed by atoms with van der Waals surface area (Å²) >= 11 is 0. The lowest BCUT2D eigenvalue weighted by Crippen LogP contribution is -2.16. The summed E-state index contributed by atoms with van der Waals surface area (Å²) in [5.74, 6) is -0.0575. The molecule has 1 amide bonds. The van der Waals surface area contributed by atoms with E-state index in [0.29, 0.717) is 5.56 Å². The van der Waals surface area contributed by atoms with Gasteiger partial charge in [-0.2, -0.15) is 0 Å². The highest BCUT2D eigenvalue weighted by Crippen LogP contribution is 1.97. The minimum absolute atomic E-state index is 0.0575. The Balaban J connectivity index is 2.44. The average Bonchev–Trinajstić information content (AvgIpc) is 2.25. The first-order valence-corrected chi connectivity index (χ1v) is 4.85. The van der Waals surface area contributed by atoms with Crippen LogP contribution in [0.3, 0.4) is 0 Å². The zero-order valence-corrected chi connectivity index (χ0v) is 8.36. The highest BCUT2D eigenvalue weighted by molar-refractivity contribution is 5.94. The number of unbranched alkanes of at least 4 members (excludes halogenated alkanes) is 1. The van der Waals surface area contributed by atoms with Crippen LogP contribution >= 0.6 is 0 Å². The van der Waals surface area contributed by atoms with Crippen LogP contribution in [0.2, 0.25) is 0 Å². The molecule has 0 saturated carbocycles. The SMILES string of the molecule is CCC/C=C/NC(=O)c1ccccc1. The second-order valence-corrected chi connectivity index (χ2v) is 3.03. The second-order valence-electron chi connectivity index (χ2n) is 3.03. The third-order valence-electron chi connectivity index (χ3n) is 1.82. The van der Waals surface area contributed by atoms with E-state index in [9.17, 15) is 4.79 Å². The van der Waals surface area contributed by atoms with Crippen LogP contribution in [0.15, 0.2) is 42.6 Å². The van der Waals surface area contributed by atoms with Crippen molar-refractivity contribution < 1.29 is 4.79 Å². The number of hydrogen-bond donors (Lipinski definition) is 1. The van der Waals surface area contributed by atoms with E-state index in [-0.39, 0.29) is 5.91 Å². The van der Waals surface area contributed by atoms with Crippen molar-refractivity contribution in [1.29, 1.82) is 0 Å². The van der Waals surface area contributed by atoms with Gasteiger partial charge in [0.15, 0.2) is 0 Å². The van der Waals surface area contributed by atoms with Crippen LogP contribution < -0.4 is 5.32 Å². The maximum Gasteiger partial charge on any atom is 0.255 e. The molecule has 0 spiro atoms. The summed E-state index contributed by atoms with van der Waals surface area (Å²) in [6.45, 7) is 2.10. The van der Waals surface area contributed by atoms with Crippen molar-refractivity contribution in [3.05, 3.63) is 48.2 Å². The van der Waals surface area contributed by atoms with Gasteiger partial charge in [0.1, 0.15) is 0 Å². The van der Waals surface area contributed by atoms with Crippen LogP contribution in [-0.4, -0.2) is 5.91 Å². The molecule has 0 aliphatic heterocycles. The molecular weight excluding hydrogens is 174 g/mol. The largest absolute Gasteiger partial charge is 0.329 e. The van der Waals surface area contributed by atoms with Gasteiger partial charge in [-0.15, -0.1) is 0 Å². The van der Waals surface area contributed by atoms with Crippen LogP contribution in [0.4, 0.5) is 0 Å². The zero-order chi connectivity index (χ0) is 10.2. The lowest BCUT2D eigenvalue weighted by Gasteiger charge is -1.98. The Labute approximate surface area is 84.6 Å². The van der Waals surface area contributed by atoms with Crippen LogP contribution in [0.25, 0.3) is 0 Å². The first-order chi connectivity index (χ1) is 6.84. The number of amides is 1. The minimum Gasteiger partial charge on any atom is -0.329 e. The predicted octanol–water partition coefficient (Wildman–Crippen LogP) is 2.73. The molecular formula is C12H15NO. The molecule has 2 heteroatoms. The Kier molecular flexibility index (Phi) is 4.48. The third-order valence-corrected chi connectivity index (χ3v) is 1.82. The highest BCUT2D eigenvalue weighted by atomic mass is 16.1. The number of nitrogens with one attached hydrogen (secondary N) is 1. The van der Waals surface area contributed by atoms with E-state index >= 15 is 0 Å². The number of carbonyl (C=O) groups excluding carboxylic acids is 1. The van der Waals surface area contributed by atoms with Crippen molar-refractivity contribution >= 4 is 5.91 Å². The van der Waals surface area contributed by atoms with Gasteiger partial charge < -0.3 is 5.32 Å². The minimum atomic E-state index is -0.0575. The van der Waals surface area contributed by atoms with E-state index in [4.69, 9.17) is 0 Å². The Morgan fingerprint density at radius 2 is 2.07 bits per heavy atom. The maximum absolute atomic E-state index is 11.4. The van der Waals surface area contributed by atoms with Crippen molar-refractivity contribution in [1.82, 2.24) is 5.32 Å². The van der Waals surface area contributed by atoms with Crippen LogP contribution in [0.5, 0.6) is 0 Å². The summed E-state index contributed by atoms with van der Waals surface area (Å²) in [6, 6.07) is 9.19. The molecule has 0 radical (unpaired) electrons. The van der Waals surface area contributed by atoms with Crippen LogP contribution in [0.1, 0.15) is 30.1 Å². The van der Waals surface area contributed by atoms with Crippen molar-refractivity contribution in [2.75, 3.05) is 0 Å². The summed E-state index contributed by atoms with van der Waals surface area (Å²) in [5, 5.41) is 2.71. The van der Waals surface area contributed by atoms with Gasteiger partial charge >= 0.3 is 0 Å². The van der Waals surface area contributed by atoms with Crippen molar-refractivity contribution in [3.8, 4) is 0 Å². The molecule has 0 fully saturated rings. The number of rotatable bonds is 4. The first kappa shape index (κ1) is 10.5. The third kappa shape index (κ3) is 3.44. The quantitative estimate of drug-likeness (QED) is 0.775. The van der Waals surface area contributed by atoms with Gasteiger partial charge in [0.05, 0.1) is 0 Å². The van der Waals surface area contributed by atoms with Gasteiger partial charge in [0, 0.05) is 11.8 Å². The molecule has 0 atom stereocenters. The van der Waals surface area contributed by atoms with Gasteiger partial charge in [0.25, 0.3) is 5.91 Å². The monoisotopic (exact) mass is 189 g/mol. The first-order valence-electron chi connectivity index (χ1n) is 4.85. The van der Waals surface area contributed by atoms with Gasteiger partial charge in [-0.1, -0.05) is 37.6 Å². The molecule has 0 heterocycles. The summed E-state index contributed by atoms with van der Waals surface area (Å²) in [5.41, 5.74) is 0.689. The smallest absolute Gasteiger partial charge is 0.255 e. The van der Waals surface area contributed by atoms with Crippen molar-refractivity contribution in [2.24, 2.45) is 0 Å². The van der Waals surface area contributed by atoms with Gasteiger partial charge in [-0.25, -0.2) is 0 Å². The lowest BCUT2D eigenvalue weighted by atomic mass is 10.2. The van der Waals surface area contributed by atoms with E-state index in [2.05, 4.69) is 12.2 Å². The van der Waals surface area contributed by atoms with E-state index in [1.54, 1.807) is 18.3 Å². The standard InChI is InChI=1S/C12H15NO/c1-2-3-7-10-13-12(14)11-8-5-4-6-9-11/h4-10H,2-3H2,1H3,(H,13,14)/b10-7+. The molecule has 0 aromatic heterocycles. The molecule has 1 aromatic rings. The van der Waals surface area contributed by atoms with E-state index < -0.39 is 0 Å². The van der Waals surface area contributed by atoms with E-state index in [1.165, 1.54) is 0 Å². The van der Waals surface area contributed by atoms with Crippen LogP contribution in [0, 0.1) is 0 Å². The summed E-state index contributed by atoms with van der Waals surface area (Å²) < 4.78 is 0. The Hall–Kier alpha value is -1.57. The Morgan fingerprint density at radius 3 is 2.71 bits per heavy atom. The summed E-state index contributed by atoms with van der Waals surface area (Å²) in [7, 11) is 0. The Bertz CT molecular complexity index is 303. The molecule has 1 rings (SSSR count). The van der Waals surface area contributed by atoms with E-state index in [0.717, 1.165) is 12.8 Å². The Morgan fingerprint density at radius 1 is 1.36 bits per heavy atom. The topological polar surface area (TPSA) is 29.1 Å². The number of allylic oxidation sites excluding steroid dienone is 1. The lowest BCUT2D eigenvalue weighted by molar-refractivity contribution is 0.0970. The second kappa shape index (κ2) is 5.97. The van der Waals surface area contributed by atoms with Gasteiger partial charge in [-0.05, 0) is 18.6 Å². The number of carbonyl (C=O) groups is 1. The number of benzene rings is 1.